The van der Waals surface area contributed by atoms with E-state index in [0.29, 0.717) is 23.2 Å². The summed E-state index contributed by atoms with van der Waals surface area (Å²) >= 11 is 1.03. The van der Waals surface area contributed by atoms with Gasteiger partial charge in [0.15, 0.2) is 11.6 Å². The minimum absolute atomic E-state index is 0.00805. The first kappa shape index (κ1) is 86.3. The van der Waals surface area contributed by atoms with Crippen molar-refractivity contribution < 1.29 is 109 Å². The number of hydrogen-bond donors (Lipinski definition) is 6. The summed E-state index contributed by atoms with van der Waals surface area (Å²) in [5, 5.41) is 25.3. The van der Waals surface area contributed by atoms with E-state index in [2.05, 4.69) is 20.9 Å². The van der Waals surface area contributed by atoms with E-state index in [-0.39, 0.29) is 153 Å². The number of carboxylic acids is 2. The summed E-state index contributed by atoms with van der Waals surface area (Å²) in [5.74, 6) is -13.0. The molecule has 2 aromatic carbocycles. The predicted molar refractivity (Wildman–Crippen MR) is 366 cm³/mol. The van der Waals surface area contributed by atoms with Gasteiger partial charge in [-0.3, -0.25) is 62.6 Å². The molecule has 0 radical (unpaired) electrons. The second-order valence-electron chi connectivity index (χ2n) is 25.1. The zero-order valence-corrected chi connectivity index (χ0v) is 59.0. The fourth-order valence-electron chi connectivity index (χ4n) is 10.6. The van der Waals surface area contributed by atoms with Crippen LogP contribution in [0.25, 0.3) is 11.1 Å². The van der Waals surface area contributed by atoms with Crippen molar-refractivity contribution in [3.63, 3.8) is 0 Å². The van der Waals surface area contributed by atoms with Crippen LogP contribution < -0.4 is 21.7 Å². The van der Waals surface area contributed by atoms with Gasteiger partial charge in [0.25, 0.3) is 11.8 Å². The van der Waals surface area contributed by atoms with Crippen molar-refractivity contribution in [2.75, 3.05) is 84.0 Å². The Morgan fingerprint density at radius 2 is 1.33 bits per heavy atom. The number of nitrogens with one attached hydrogen (secondary N) is 3. The number of nitrogens with two attached hydrogens (primary N) is 1. The van der Waals surface area contributed by atoms with Gasteiger partial charge in [0, 0.05) is 105 Å². The quantitative estimate of drug-likeness (QED) is 0.0155. The van der Waals surface area contributed by atoms with Crippen molar-refractivity contribution in [3.8, 4) is 11.1 Å². The van der Waals surface area contributed by atoms with E-state index in [1.165, 1.54) is 6.92 Å². The molecular formula is C71H91F5N8O18S. The molecule has 7 amide bonds. The zero-order valence-electron chi connectivity index (χ0n) is 58.2. The SMILES string of the molecule is CCC[C@@H](CC(=O)[C@H](C)NC(=O)Cc1ccncc1)C(=O)N[C@@H](CC(N)=O)C(=O)CCCCN(C(=O)CSC[C@H](CC(=O)CCOCCOCCOCCOCCNC(=O)CN1C(=O)C=CC1=O)C(=O)O)[C@@H](c1cc(-c2cc(F)ccc2F)cn1Cc1ccccc1)C(C)(C)C.O=C(O)C(F)(F)F. The van der Waals surface area contributed by atoms with Crippen LogP contribution in [0.1, 0.15) is 115 Å². The van der Waals surface area contributed by atoms with Crippen LogP contribution in [0.4, 0.5) is 22.0 Å². The Labute approximate surface area is 597 Å². The maximum atomic E-state index is 15.6. The Balaban J connectivity index is 0.00000304. The maximum Gasteiger partial charge on any atom is 0.490 e. The molecule has 5 atom stereocenters. The first-order chi connectivity index (χ1) is 48.8. The number of imide groups is 1. The number of pyridine rings is 1. The number of benzene rings is 2. The molecule has 2 aromatic heterocycles. The number of hydrogen-bond acceptors (Lipinski definition) is 18. The number of aliphatic carboxylic acids is 2. The molecule has 26 nitrogen and oxygen atoms in total. The van der Waals surface area contributed by atoms with Crippen LogP contribution in [0.15, 0.2) is 97.5 Å². The Bertz CT molecular complexity index is 3500. The van der Waals surface area contributed by atoms with Gasteiger partial charge in [-0.2, -0.15) is 24.9 Å². The molecular weight excluding hydrogens is 1380 g/mol. The number of carbonyl (C=O) groups is 12. The number of nitrogens with zero attached hydrogens (tertiary/aromatic N) is 4. The summed E-state index contributed by atoms with van der Waals surface area (Å²) in [6, 6.07) is 14.5. The van der Waals surface area contributed by atoms with Gasteiger partial charge in [0.1, 0.15) is 24.0 Å². The molecule has 0 aliphatic carbocycles. The molecule has 4 aromatic rings. The monoisotopic (exact) mass is 1470 g/mol. The molecule has 0 fully saturated rings. The fraction of sp³-hybridized carbons (Fsp3) is 0.507. The van der Waals surface area contributed by atoms with Crippen molar-refractivity contribution in [3.05, 3.63) is 126 Å². The highest BCUT2D eigenvalue weighted by Gasteiger charge is 2.39. The van der Waals surface area contributed by atoms with Crippen LogP contribution >= 0.6 is 11.8 Å². The van der Waals surface area contributed by atoms with Crippen LogP contribution in [0, 0.1) is 28.9 Å². The molecule has 32 heteroatoms. The summed E-state index contributed by atoms with van der Waals surface area (Å²) in [7, 11) is 0. The molecule has 0 spiro atoms. The number of rotatable bonds is 47. The van der Waals surface area contributed by atoms with E-state index >= 15 is 4.39 Å². The molecule has 564 valence electrons. The third-order valence-corrected chi connectivity index (χ3v) is 16.8. The Morgan fingerprint density at radius 1 is 0.718 bits per heavy atom. The first-order valence-corrected chi connectivity index (χ1v) is 34.5. The third kappa shape index (κ3) is 32.0. The van der Waals surface area contributed by atoms with E-state index in [1.807, 2.05) is 62.6 Å². The molecule has 7 N–H and O–H groups in total. The normalized spacial score (nSPS) is 13.6. The Hall–Kier alpha value is -9.11. The number of aromatic nitrogens is 2. The summed E-state index contributed by atoms with van der Waals surface area (Å²) in [6.07, 6.45) is 1.64. The summed E-state index contributed by atoms with van der Waals surface area (Å²) in [5.41, 5.74) is 7.29. The number of carboxylic acid groups (broad SMARTS) is 2. The second kappa shape index (κ2) is 44.4. The lowest BCUT2D eigenvalue weighted by molar-refractivity contribution is -0.192. The standard InChI is InChI=1S/C69H90F2N8O16S.C2HF3O2/c1-6-12-49(38-59(82)46(2)75-61(84)35-47-20-23-73-24-21-47)67(89)76-56(40-60(72)83)58(81)15-10-11-26-78(66(69(3,4)5)57-37-50(54-39-52(70)16-17-55(54)71)42-77(57)41-48-13-8-7-9-14-48)65(88)45-96-44-51(68(90)91)36-53(80)22-27-92-29-31-94-33-34-95-32-30-93-28-25-74-62(85)43-79-63(86)18-19-64(79)87;3-2(4,5)1(6)7/h7-9,13-14,16-21,23-24,37,39,42,46,49,51,56,66H,6,10-12,15,22,25-36,38,40-41,43-45H2,1-5H3,(H2,72,83)(H,74,85)(H,75,84)(H,76,89)(H,90,91);(H,6,7)/t46-,49-,51-,56-,66-;/m0./s1. The van der Waals surface area contributed by atoms with E-state index in [1.54, 1.807) is 41.7 Å². The predicted octanol–water partition coefficient (Wildman–Crippen LogP) is 6.54. The van der Waals surface area contributed by atoms with Gasteiger partial charge in [-0.15, -0.1) is 0 Å². The maximum absolute atomic E-state index is 15.6. The fourth-order valence-corrected chi connectivity index (χ4v) is 11.6. The number of unbranched alkanes of at least 4 members (excludes halogenated alkanes) is 1. The number of Topliss-reactive ketones (excluding diaryl/α,β-unsaturated/α-hetero) is 3. The zero-order chi connectivity index (χ0) is 76.2. The number of ketones is 3. The minimum atomic E-state index is -5.08. The van der Waals surface area contributed by atoms with Crippen molar-refractivity contribution in [1.29, 1.82) is 0 Å². The van der Waals surface area contributed by atoms with Crippen LogP contribution in [-0.2, 0) is 89.4 Å². The molecule has 3 heterocycles. The number of alkyl halides is 3. The van der Waals surface area contributed by atoms with E-state index in [4.69, 9.17) is 34.6 Å². The molecule has 0 bridgehead atoms. The first-order valence-electron chi connectivity index (χ1n) is 33.3. The number of carbonyl (C=O) groups excluding carboxylic acids is 10. The number of thioether (sulfide) groups is 1. The third-order valence-electron chi connectivity index (χ3n) is 15.7. The molecule has 0 unspecified atom stereocenters. The average Bonchev–Trinajstić information content (AvgIpc) is 1.66. The highest BCUT2D eigenvalue weighted by molar-refractivity contribution is 7.99. The summed E-state index contributed by atoms with van der Waals surface area (Å²) in [4.78, 5) is 158. The highest BCUT2D eigenvalue weighted by atomic mass is 32.2. The van der Waals surface area contributed by atoms with Gasteiger partial charge in [0.2, 0.25) is 29.5 Å². The van der Waals surface area contributed by atoms with Crippen LogP contribution in [0.3, 0.4) is 0 Å². The number of primary amides is 1. The van der Waals surface area contributed by atoms with E-state index in [0.717, 1.165) is 52.6 Å². The van der Waals surface area contributed by atoms with Crippen molar-refractivity contribution >= 4 is 82.4 Å². The molecule has 1 aliphatic rings. The Morgan fingerprint density at radius 3 is 1.91 bits per heavy atom. The van der Waals surface area contributed by atoms with Crippen LogP contribution in [0.2, 0.25) is 0 Å². The molecule has 0 saturated heterocycles. The lowest BCUT2D eigenvalue weighted by atomic mass is 9.82. The summed E-state index contributed by atoms with van der Waals surface area (Å²) < 4.78 is 86.0. The van der Waals surface area contributed by atoms with Gasteiger partial charge in [0.05, 0.1) is 95.5 Å². The van der Waals surface area contributed by atoms with Crippen molar-refractivity contribution in [2.24, 2.45) is 23.0 Å². The van der Waals surface area contributed by atoms with Crippen molar-refractivity contribution in [1.82, 2.24) is 35.3 Å². The summed E-state index contributed by atoms with van der Waals surface area (Å²) in [6.45, 7) is 10.7. The van der Waals surface area contributed by atoms with Gasteiger partial charge in [-0.25, -0.2) is 13.6 Å². The smallest absolute Gasteiger partial charge is 0.481 e. The van der Waals surface area contributed by atoms with Crippen LogP contribution in [-0.4, -0.2) is 202 Å². The minimum Gasteiger partial charge on any atom is -0.481 e. The largest absolute Gasteiger partial charge is 0.490 e. The highest BCUT2D eigenvalue weighted by Crippen LogP contribution is 2.42. The number of halogens is 5. The molecule has 5 rings (SSSR count). The van der Waals surface area contributed by atoms with E-state index < -0.39 is 124 Å². The number of ether oxygens (including phenoxy) is 4. The molecule has 103 heavy (non-hydrogen) atoms. The van der Waals surface area contributed by atoms with Gasteiger partial charge >= 0.3 is 18.1 Å². The molecule has 1 aliphatic heterocycles. The van der Waals surface area contributed by atoms with Gasteiger partial charge in [-0.1, -0.05) is 64.4 Å². The van der Waals surface area contributed by atoms with Gasteiger partial charge in [-0.05, 0) is 79.1 Å². The second-order valence-corrected chi connectivity index (χ2v) is 26.2. The lowest BCUT2D eigenvalue weighted by Crippen LogP contribution is -2.47. The number of amides is 7. The van der Waals surface area contributed by atoms with Crippen LogP contribution in [0.5, 0.6) is 0 Å². The van der Waals surface area contributed by atoms with E-state index in [9.17, 15) is 75.4 Å². The van der Waals surface area contributed by atoms with Gasteiger partial charge < -0.3 is 60.3 Å². The lowest BCUT2D eigenvalue weighted by Gasteiger charge is -2.41. The topological polar surface area (TPSA) is 369 Å². The molecule has 0 saturated carbocycles. The van der Waals surface area contributed by atoms with Crippen molar-refractivity contribution in [2.45, 2.75) is 130 Å². The Kier molecular flexibility index (Phi) is 37.2. The average molecular weight is 1470 g/mol.